The van der Waals surface area contributed by atoms with Crippen LogP contribution in [0.4, 0.5) is 4.39 Å². The van der Waals surface area contributed by atoms with E-state index in [4.69, 9.17) is 0 Å². The van der Waals surface area contributed by atoms with E-state index in [1.54, 1.807) is 4.90 Å². The number of carboxylic acids is 1. The van der Waals surface area contributed by atoms with E-state index in [9.17, 15) is 22.7 Å². The molecule has 2 atom stereocenters. The summed E-state index contributed by atoms with van der Waals surface area (Å²) in [6.07, 6.45) is 3.91. The van der Waals surface area contributed by atoms with Gasteiger partial charge in [0.2, 0.25) is 0 Å². The molecule has 140 valence electrons. The molecule has 0 aromatic heterocycles. The minimum Gasteiger partial charge on any atom is -0.480 e. The standard InChI is InChI=1S/C17H25FN2O4S/c1-2-3-4-5-11-20-12-10-19-15(17(21)22)16(20)25(23,24)14-8-6-13(18)7-9-14/h6-9,15-16,19H,2-5,10-12H2,1H3,(H,21,22). The summed E-state index contributed by atoms with van der Waals surface area (Å²) in [7, 11) is -3.95. The van der Waals surface area contributed by atoms with Crippen molar-refractivity contribution in [1.82, 2.24) is 10.2 Å². The summed E-state index contributed by atoms with van der Waals surface area (Å²) in [5.41, 5.74) is 0. The fourth-order valence-corrected chi connectivity index (χ4v) is 5.10. The highest BCUT2D eigenvalue weighted by Gasteiger charge is 2.44. The van der Waals surface area contributed by atoms with Gasteiger partial charge >= 0.3 is 5.97 Å². The van der Waals surface area contributed by atoms with Crippen molar-refractivity contribution >= 4 is 15.8 Å². The summed E-state index contributed by atoms with van der Waals surface area (Å²) in [6.45, 7) is 3.49. The van der Waals surface area contributed by atoms with E-state index in [1.165, 1.54) is 12.1 Å². The Bertz CT molecular complexity index is 678. The molecule has 1 aliphatic heterocycles. The first-order valence-corrected chi connectivity index (χ1v) is 10.1. The van der Waals surface area contributed by atoms with Crippen LogP contribution in [0.25, 0.3) is 0 Å². The molecule has 1 aliphatic rings. The van der Waals surface area contributed by atoms with Gasteiger partial charge < -0.3 is 10.4 Å². The van der Waals surface area contributed by atoms with Gasteiger partial charge in [0, 0.05) is 13.1 Å². The maximum atomic E-state index is 13.1. The lowest BCUT2D eigenvalue weighted by Gasteiger charge is -2.39. The first kappa shape index (κ1) is 19.8. The van der Waals surface area contributed by atoms with Crippen molar-refractivity contribution in [2.75, 3.05) is 19.6 Å². The van der Waals surface area contributed by atoms with Gasteiger partial charge in [-0.1, -0.05) is 26.2 Å². The number of nitrogens with one attached hydrogen (secondary N) is 1. The van der Waals surface area contributed by atoms with E-state index in [-0.39, 0.29) is 4.90 Å². The summed E-state index contributed by atoms with van der Waals surface area (Å²) < 4.78 is 39.2. The van der Waals surface area contributed by atoms with Gasteiger partial charge in [-0.2, -0.15) is 0 Å². The van der Waals surface area contributed by atoms with Crippen LogP contribution in [0.5, 0.6) is 0 Å². The van der Waals surface area contributed by atoms with Crippen molar-refractivity contribution in [1.29, 1.82) is 0 Å². The van der Waals surface area contributed by atoms with Crippen LogP contribution in [0.2, 0.25) is 0 Å². The van der Waals surface area contributed by atoms with Gasteiger partial charge in [-0.05, 0) is 37.2 Å². The summed E-state index contributed by atoms with van der Waals surface area (Å²) in [6, 6.07) is 3.31. The highest BCUT2D eigenvalue weighted by molar-refractivity contribution is 7.92. The van der Waals surface area contributed by atoms with E-state index in [2.05, 4.69) is 12.2 Å². The molecule has 1 aromatic carbocycles. The molecule has 1 saturated heterocycles. The number of halogens is 1. The number of carbonyl (C=O) groups is 1. The molecule has 0 bridgehead atoms. The molecule has 1 aromatic rings. The second-order valence-electron chi connectivity index (χ2n) is 6.26. The lowest BCUT2D eigenvalue weighted by molar-refractivity contribution is -0.141. The Balaban J connectivity index is 2.29. The molecule has 25 heavy (non-hydrogen) atoms. The van der Waals surface area contributed by atoms with Crippen LogP contribution in [-0.2, 0) is 14.6 Å². The molecule has 1 heterocycles. The number of unbranched alkanes of at least 4 members (excludes halogenated alkanes) is 3. The molecule has 0 amide bonds. The fraction of sp³-hybridized carbons (Fsp3) is 0.588. The quantitative estimate of drug-likeness (QED) is 0.535. The van der Waals surface area contributed by atoms with E-state index >= 15 is 0 Å². The third-order valence-electron chi connectivity index (χ3n) is 4.43. The number of benzene rings is 1. The van der Waals surface area contributed by atoms with Crippen molar-refractivity contribution < 1.29 is 22.7 Å². The van der Waals surface area contributed by atoms with E-state index in [0.717, 1.165) is 37.8 Å². The van der Waals surface area contributed by atoms with E-state index < -0.39 is 33.0 Å². The third-order valence-corrected chi connectivity index (χ3v) is 6.57. The molecule has 0 aliphatic carbocycles. The van der Waals surface area contributed by atoms with Crippen molar-refractivity contribution in [2.45, 2.75) is 48.9 Å². The lowest BCUT2D eigenvalue weighted by atomic mass is 10.1. The molecule has 8 heteroatoms. The zero-order valence-electron chi connectivity index (χ0n) is 14.3. The van der Waals surface area contributed by atoms with Crippen molar-refractivity contribution in [3.05, 3.63) is 30.1 Å². The van der Waals surface area contributed by atoms with Gasteiger partial charge in [0.25, 0.3) is 0 Å². The Morgan fingerprint density at radius 1 is 1.28 bits per heavy atom. The molecular formula is C17H25FN2O4S. The van der Waals surface area contributed by atoms with Gasteiger partial charge in [0.05, 0.1) is 4.90 Å². The number of carboxylic acid groups (broad SMARTS) is 1. The van der Waals surface area contributed by atoms with Gasteiger partial charge in [0.1, 0.15) is 17.2 Å². The maximum absolute atomic E-state index is 13.1. The second-order valence-corrected chi connectivity index (χ2v) is 8.30. The molecule has 0 spiro atoms. The molecular weight excluding hydrogens is 347 g/mol. The Morgan fingerprint density at radius 2 is 1.96 bits per heavy atom. The van der Waals surface area contributed by atoms with Crippen LogP contribution < -0.4 is 5.32 Å². The summed E-state index contributed by atoms with van der Waals surface area (Å²) in [4.78, 5) is 13.3. The van der Waals surface area contributed by atoms with Gasteiger partial charge in [-0.3, -0.25) is 9.69 Å². The molecule has 2 rings (SSSR count). The van der Waals surface area contributed by atoms with Crippen LogP contribution in [0.1, 0.15) is 32.6 Å². The lowest BCUT2D eigenvalue weighted by Crippen LogP contribution is -2.63. The van der Waals surface area contributed by atoms with Crippen molar-refractivity contribution in [3.8, 4) is 0 Å². The van der Waals surface area contributed by atoms with E-state index in [1.807, 2.05) is 0 Å². The zero-order valence-corrected chi connectivity index (χ0v) is 15.1. The van der Waals surface area contributed by atoms with Crippen molar-refractivity contribution in [3.63, 3.8) is 0 Å². The Kier molecular flexibility index (Phi) is 6.92. The Morgan fingerprint density at radius 3 is 2.56 bits per heavy atom. The number of aliphatic carboxylic acids is 1. The number of sulfone groups is 1. The number of hydrogen-bond donors (Lipinski definition) is 2. The average Bonchev–Trinajstić information content (AvgIpc) is 2.58. The smallest absolute Gasteiger partial charge is 0.323 e. The number of nitrogens with zero attached hydrogens (tertiary/aromatic N) is 1. The first-order chi connectivity index (χ1) is 11.9. The van der Waals surface area contributed by atoms with Gasteiger partial charge in [-0.15, -0.1) is 0 Å². The normalized spacial score (nSPS) is 22.0. The minimum absolute atomic E-state index is 0.0626. The molecule has 0 saturated carbocycles. The molecule has 2 N–H and O–H groups in total. The molecule has 2 unspecified atom stereocenters. The van der Waals surface area contributed by atoms with Gasteiger partial charge in [-0.25, -0.2) is 12.8 Å². The topological polar surface area (TPSA) is 86.7 Å². The summed E-state index contributed by atoms with van der Waals surface area (Å²) >= 11 is 0. The largest absolute Gasteiger partial charge is 0.480 e. The van der Waals surface area contributed by atoms with Crippen LogP contribution in [0, 0.1) is 5.82 Å². The van der Waals surface area contributed by atoms with Crippen molar-refractivity contribution in [2.24, 2.45) is 0 Å². The average molecular weight is 372 g/mol. The predicted octanol–water partition coefficient (Wildman–Crippen LogP) is 1.86. The minimum atomic E-state index is -3.95. The highest BCUT2D eigenvalue weighted by Crippen LogP contribution is 2.25. The van der Waals surface area contributed by atoms with Crippen LogP contribution in [-0.4, -0.2) is 55.4 Å². The van der Waals surface area contributed by atoms with Crippen LogP contribution in [0.15, 0.2) is 29.2 Å². The first-order valence-electron chi connectivity index (χ1n) is 8.57. The van der Waals surface area contributed by atoms with Crippen LogP contribution >= 0.6 is 0 Å². The third kappa shape index (κ3) is 4.77. The zero-order chi connectivity index (χ0) is 18.4. The Labute approximate surface area is 147 Å². The van der Waals surface area contributed by atoms with Crippen LogP contribution in [0.3, 0.4) is 0 Å². The number of rotatable bonds is 8. The number of piperazine rings is 1. The molecule has 0 radical (unpaired) electrons. The second kappa shape index (κ2) is 8.73. The highest BCUT2D eigenvalue weighted by atomic mass is 32.2. The summed E-state index contributed by atoms with van der Waals surface area (Å²) in [5.74, 6) is -1.74. The number of hydrogen-bond acceptors (Lipinski definition) is 5. The predicted molar refractivity (Wildman–Crippen MR) is 92.5 cm³/mol. The van der Waals surface area contributed by atoms with E-state index in [0.29, 0.717) is 19.6 Å². The fourth-order valence-electron chi connectivity index (χ4n) is 3.13. The summed E-state index contributed by atoms with van der Waals surface area (Å²) in [5, 5.41) is 11.1. The Hall–Kier alpha value is -1.51. The van der Waals surface area contributed by atoms with Gasteiger partial charge in [0.15, 0.2) is 9.84 Å². The SMILES string of the molecule is CCCCCCN1CCNC(C(=O)O)C1S(=O)(=O)c1ccc(F)cc1. The molecule has 6 nitrogen and oxygen atoms in total. The molecule has 1 fully saturated rings. The monoisotopic (exact) mass is 372 g/mol. The maximum Gasteiger partial charge on any atom is 0.323 e.